The van der Waals surface area contributed by atoms with Crippen molar-refractivity contribution in [1.29, 1.82) is 0 Å². The van der Waals surface area contributed by atoms with Crippen LogP contribution in [0, 0.1) is 17.6 Å². The van der Waals surface area contributed by atoms with Crippen LogP contribution in [0.2, 0.25) is 0 Å². The van der Waals surface area contributed by atoms with E-state index in [2.05, 4.69) is 0 Å². The molecule has 1 N–H and O–H groups in total. The van der Waals surface area contributed by atoms with Gasteiger partial charge in [0, 0.05) is 17.4 Å². The minimum Gasteiger partial charge on any atom is -0.493 e. The van der Waals surface area contributed by atoms with Gasteiger partial charge in [-0.2, -0.15) is 17.6 Å². The van der Waals surface area contributed by atoms with E-state index in [0.717, 1.165) is 20.1 Å². The molecule has 4 nitrogen and oxygen atoms in total. The molecular formula is C15H17F5O4. The standard InChI is InChI=1S/C14H15F5O2.CH2O2/c1-7-9(6-21-13(7,2)14(17,18)19)8-4-5-10(15)11(16)12(8)20-3;2-1-3/h4-5,7,9H,6H2,1-3H3;1H,(H,2,3)/t7?,9?,13-;/m1./s1. The van der Waals surface area contributed by atoms with Gasteiger partial charge in [-0.25, -0.2) is 4.39 Å². The molecule has 2 rings (SSSR count). The second-order valence-corrected chi connectivity index (χ2v) is 5.40. The van der Waals surface area contributed by atoms with Crippen molar-refractivity contribution >= 4 is 6.47 Å². The lowest BCUT2D eigenvalue weighted by Gasteiger charge is -2.32. The summed E-state index contributed by atoms with van der Waals surface area (Å²) in [7, 11) is 1.14. The fraction of sp³-hybridized carbons (Fsp3) is 0.533. The van der Waals surface area contributed by atoms with Crippen LogP contribution in [0.4, 0.5) is 22.0 Å². The van der Waals surface area contributed by atoms with Crippen molar-refractivity contribution in [2.45, 2.75) is 31.5 Å². The van der Waals surface area contributed by atoms with Crippen molar-refractivity contribution in [2.24, 2.45) is 5.92 Å². The third-order valence-corrected chi connectivity index (χ3v) is 4.28. The zero-order chi connectivity index (χ0) is 18.7. The van der Waals surface area contributed by atoms with Crippen molar-refractivity contribution in [1.82, 2.24) is 0 Å². The van der Waals surface area contributed by atoms with E-state index >= 15 is 0 Å². The smallest absolute Gasteiger partial charge is 0.417 e. The molecule has 0 aromatic heterocycles. The van der Waals surface area contributed by atoms with Gasteiger partial charge in [-0.05, 0) is 13.0 Å². The number of methoxy groups -OCH3 is 1. The predicted octanol–water partition coefficient (Wildman–Crippen LogP) is 3.75. The van der Waals surface area contributed by atoms with Crippen LogP contribution >= 0.6 is 0 Å². The number of benzene rings is 1. The normalized spacial score (nSPS) is 26.5. The van der Waals surface area contributed by atoms with Crippen LogP contribution in [-0.2, 0) is 9.53 Å². The lowest BCUT2D eigenvalue weighted by molar-refractivity contribution is -0.266. The molecule has 1 fully saturated rings. The van der Waals surface area contributed by atoms with E-state index in [4.69, 9.17) is 19.4 Å². The lowest BCUT2D eigenvalue weighted by Crippen LogP contribution is -2.46. The van der Waals surface area contributed by atoms with Gasteiger partial charge in [0.25, 0.3) is 6.47 Å². The molecular weight excluding hydrogens is 339 g/mol. The molecule has 24 heavy (non-hydrogen) atoms. The highest BCUT2D eigenvalue weighted by Gasteiger charge is 2.61. The number of hydrogen-bond donors (Lipinski definition) is 1. The summed E-state index contributed by atoms with van der Waals surface area (Å²) in [6.07, 6.45) is -4.55. The first-order chi connectivity index (χ1) is 11.0. The van der Waals surface area contributed by atoms with Crippen molar-refractivity contribution in [3.63, 3.8) is 0 Å². The molecule has 1 aromatic carbocycles. The van der Waals surface area contributed by atoms with E-state index < -0.39 is 35.2 Å². The molecule has 3 atom stereocenters. The number of carbonyl (C=O) groups is 1. The van der Waals surface area contributed by atoms with Crippen molar-refractivity contribution in [3.05, 3.63) is 29.3 Å². The molecule has 1 aliphatic heterocycles. The molecule has 0 saturated carbocycles. The number of rotatable bonds is 2. The van der Waals surface area contributed by atoms with Gasteiger partial charge in [0.1, 0.15) is 0 Å². The van der Waals surface area contributed by atoms with Gasteiger partial charge < -0.3 is 14.6 Å². The molecule has 1 aromatic rings. The Hall–Kier alpha value is -1.90. The van der Waals surface area contributed by atoms with Crippen LogP contribution in [0.5, 0.6) is 5.75 Å². The summed E-state index contributed by atoms with van der Waals surface area (Å²) in [5, 5.41) is 6.89. The largest absolute Gasteiger partial charge is 0.493 e. The molecule has 0 bridgehead atoms. The lowest BCUT2D eigenvalue weighted by atomic mass is 9.79. The van der Waals surface area contributed by atoms with Crippen molar-refractivity contribution < 1.29 is 41.3 Å². The third kappa shape index (κ3) is 3.45. The first-order valence-corrected chi connectivity index (χ1v) is 6.85. The van der Waals surface area contributed by atoms with E-state index in [1.807, 2.05) is 0 Å². The fourth-order valence-electron chi connectivity index (χ4n) is 2.67. The molecule has 2 unspecified atom stereocenters. The Bertz CT molecular complexity index is 590. The summed E-state index contributed by atoms with van der Waals surface area (Å²) in [5.41, 5.74) is -2.15. The molecule has 136 valence electrons. The minimum atomic E-state index is -4.55. The first kappa shape index (κ1) is 20.1. The van der Waals surface area contributed by atoms with Gasteiger partial charge in [-0.3, -0.25) is 4.79 Å². The van der Waals surface area contributed by atoms with Gasteiger partial charge in [0.05, 0.1) is 13.7 Å². The quantitative estimate of drug-likeness (QED) is 0.648. The molecule has 0 radical (unpaired) electrons. The highest BCUT2D eigenvalue weighted by Crippen LogP contribution is 2.51. The molecule has 0 amide bonds. The SMILES string of the molecule is COc1c(C2CO[C@@](C)(C(F)(F)F)C2C)ccc(F)c1F.O=CO. The number of carboxylic acid groups (broad SMARTS) is 1. The van der Waals surface area contributed by atoms with Gasteiger partial charge in [-0.15, -0.1) is 0 Å². The maximum Gasteiger partial charge on any atom is 0.417 e. The fourth-order valence-corrected chi connectivity index (χ4v) is 2.67. The second kappa shape index (κ2) is 7.33. The Labute approximate surface area is 135 Å². The summed E-state index contributed by atoms with van der Waals surface area (Å²) in [6, 6.07) is 2.12. The number of halogens is 5. The summed E-state index contributed by atoms with van der Waals surface area (Å²) < 4.78 is 76.0. The Morgan fingerprint density at radius 2 is 1.92 bits per heavy atom. The van der Waals surface area contributed by atoms with Gasteiger partial charge in [-0.1, -0.05) is 13.0 Å². The average molecular weight is 356 g/mol. The maximum atomic E-state index is 13.7. The molecule has 9 heteroatoms. The monoisotopic (exact) mass is 356 g/mol. The molecule has 1 aliphatic rings. The van der Waals surface area contributed by atoms with Crippen molar-refractivity contribution in [3.8, 4) is 5.75 Å². The molecule has 0 aliphatic carbocycles. The Morgan fingerprint density at radius 1 is 1.38 bits per heavy atom. The Kier molecular flexibility index (Phi) is 6.15. The number of hydrogen-bond acceptors (Lipinski definition) is 3. The van der Waals surface area contributed by atoms with E-state index in [9.17, 15) is 22.0 Å². The van der Waals surface area contributed by atoms with Crippen LogP contribution in [0.1, 0.15) is 25.3 Å². The van der Waals surface area contributed by atoms with Crippen LogP contribution in [0.3, 0.4) is 0 Å². The number of ether oxygens (including phenoxy) is 2. The molecule has 0 spiro atoms. The van der Waals surface area contributed by atoms with Gasteiger partial charge in [0.2, 0.25) is 5.82 Å². The van der Waals surface area contributed by atoms with E-state index in [-0.39, 0.29) is 24.4 Å². The summed E-state index contributed by atoms with van der Waals surface area (Å²) in [4.78, 5) is 8.36. The minimum absolute atomic E-state index is 0.178. The van der Waals surface area contributed by atoms with Crippen molar-refractivity contribution in [2.75, 3.05) is 13.7 Å². The number of alkyl halides is 3. The zero-order valence-electron chi connectivity index (χ0n) is 13.2. The van der Waals surface area contributed by atoms with Gasteiger partial charge in [0.15, 0.2) is 17.2 Å². The molecule has 1 saturated heterocycles. The van der Waals surface area contributed by atoms with Crippen LogP contribution in [0.15, 0.2) is 12.1 Å². The highest BCUT2D eigenvalue weighted by molar-refractivity contribution is 5.40. The third-order valence-electron chi connectivity index (χ3n) is 4.28. The van der Waals surface area contributed by atoms with Gasteiger partial charge >= 0.3 is 6.18 Å². The van der Waals surface area contributed by atoms with E-state index in [1.165, 1.54) is 13.0 Å². The summed E-state index contributed by atoms with van der Waals surface area (Å²) in [5.74, 6) is -4.39. The Balaban J connectivity index is 0.000000891. The van der Waals surface area contributed by atoms with Crippen LogP contribution in [-0.4, -0.2) is 37.1 Å². The van der Waals surface area contributed by atoms with E-state index in [1.54, 1.807) is 0 Å². The first-order valence-electron chi connectivity index (χ1n) is 6.85. The van der Waals surface area contributed by atoms with Crippen LogP contribution < -0.4 is 4.74 Å². The molecule has 1 heterocycles. The van der Waals surface area contributed by atoms with Crippen LogP contribution in [0.25, 0.3) is 0 Å². The zero-order valence-corrected chi connectivity index (χ0v) is 13.2. The predicted molar refractivity (Wildman–Crippen MR) is 73.9 cm³/mol. The van der Waals surface area contributed by atoms with E-state index in [0.29, 0.717) is 0 Å². The average Bonchev–Trinajstić information content (AvgIpc) is 2.80. The summed E-state index contributed by atoms with van der Waals surface area (Å²) in [6.45, 7) is 1.86. The highest BCUT2D eigenvalue weighted by atomic mass is 19.4. The Morgan fingerprint density at radius 3 is 2.33 bits per heavy atom. The second-order valence-electron chi connectivity index (χ2n) is 5.40. The summed E-state index contributed by atoms with van der Waals surface area (Å²) >= 11 is 0. The topological polar surface area (TPSA) is 55.8 Å². The maximum absolute atomic E-state index is 13.7.